The molecule has 2 nitrogen and oxygen atoms in total. The number of carbonyl (C=O) groups excluding carboxylic acids is 1. The lowest BCUT2D eigenvalue weighted by Gasteiger charge is -2.37. The van der Waals surface area contributed by atoms with Crippen molar-refractivity contribution in [1.82, 2.24) is 0 Å². The molecule has 2 bridgehead atoms. The van der Waals surface area contributed by atoms with Crippen LogP contribution in [-0.4, -0.2) is 5.91 Å². The Kier molecular flexibility index (Phi) is 3.23. The molecular weight excluding hydrogens is 258 g/mol. The van der Waals surface area contributed by atoms with E-state index in [1.165, 1.54) is 5.56 Å². The third-order valence-corrected chi connectivity index (χ3v) is 5.95. The Morgan fingerprint density at radius 3 is 2.52 bits per heavy atom. The fourth-order valence-electron chi connectivity index (χ4n) is 4.22. The van der Waals surface area contributed by atoms with Gasteiger partial charge in [0.1, 0.15) is 0 Å². The summed E-state index contributed by atoms with van der Waals surface area (Å²) in [6.07, 6.45) is 4.09. The Hall–Kier alpha value is -1.57. The summed E-state index contributed by atoms with van der Waals surface area (Å²) in [6, 6.07) is 8.17. The number of fused-ring (bicyclic) bond motifs is 2. The highest BCUT2D eigenvalue weighted by atomic mass is 16.2. The number of nitrogens with one attached hydrogen (secondary N) is 1. The van der Waals surface area contributed by atoms with E-state index < -0.39 is 0 Å². The standard InChI is InChI=1S/C19H25NO/c1-5-14-6-8-16(9-7-14)20-17(21)19-11-10-15(12-19)18(3,4)13(19)2/h6-9,15H,2,5,10-12H2,1,3-4H3,(H,20,21). The van der Waals surface area contributed by atoms with E-state index in [0.717, 1.165) is 36.9 Å². The van der Waals surface area contributed by atoms with E-state index in [1.807, 2.05) is 12.1 Å². The summed E-state index contributed by atoms with van der Waals surface area (Å²) in [6.45, 7) is 10.9. The molecule has 2 unspecified atom stereocenters. The van der Waals surface area contributed by atoms with Crippen molar-refractivity contribution < 1.29 is 4.79 Å². The highest BCUT2D eigenvalue weighted by molar-refractivity contribution is 5.98. The van der Waals surface area contributed by atoms with Crippen LogP contribution in [0.25, 0.3) is 0 Å². The second kappa shape index (κ2) is 4.72. The van der Waals surface area contributed by atoms with Gasteiger partial charge in [-0.15, -0.1) is 0 Å². The Labute approximate surface area is 127 Å². The molecule has 2 saturated carbocycles. The van der Waals surface area contributed by atoms with Crippen LogP contribution in [0.15, 0.2) is 36.4 Å². The molecule has 3 rings (SSSR count). The molecule has 21 heavy (non-hydrogen) atoms. The molecule has 1 aromatic rings. The van der Waals surface area contributed by atoms with E-state index in [1.54, 1.807) is 0 Å². The van der Waals surface area contributed by atoms with Gasteiger partial charge in [-0.05, 0) is 54.7 Å². The zero-order valence-corrected chi connectivity index (χ0v) is 13.3. The fraction of sp³-hybridized carbons (Fsp3) is 0.526. The molecule has 0 heterocycles. The van der Waals surface area contributed by atoms with E-state index in [0.29, 0.717) is 5.92 Å². The van der Waals surface area contributed by atoms with Crippen LogP contribution in [0.4, 0.5) is 5.69 Å². The molecule has 0 spiro atoms. The number of benzene rings is 1. The predicted molar refractivity (Wildman–Crippen MR) is 87.1 cm³/mol. The first kappa shape index (κ1) is 14.4. The van der Waals surface area contributed by atoms with E-state index in [9.17, 15) is 4.79 Å². The first-order chi connectivity index (χ1) is 9.90. The number of aryl methyl sites for hydroxylation is 1. The van der Waals surface area contributed by atoms with Crippen molar-refractivity contribution in [3.8, 4) is 0 Å². The average molecular weight is 283 g/mol. The lowest BCUT2D eigenvalue weighted by Crippen LogP contribution is -2.37. The minimum absolute atomic E-state index is 0.0989. The second-order valence-electron chi connectivity index (χ2n) is 7.23. The minimum atomic E-state index is -0.336. The molecule has 2 fully saturated rings. The van der Waals surface area contributed by atoms with Gasteiger partial charge in [-0.25, -0.2) is 0 Å². The zero-order chi connectivity index (χ0) is 15.3. The van der Waals surface area contributed by atoms with Crippen molar-refractivity contribution in [3.63, 3.8) is 0 Å². The molecule has 2 heteroatoms. The molecular formula is C19H25NO. The van der Waals surface area contributed by atoms with Gasteiger partial charge < -0.3 is 5.32 Å². The lowest BCUT2D eigenvalue weighted by molar-refractivity contribution is -0.123. The van der Waals surface area contributed by atoms with E-state index >= 15 is 0 Å². The molecule has 2 aliphatic carbocycles. The van der Waals surface area contributed by atoms with Crippen LogP contribution in [0.3, 0.4) is 0 Å². The van der Waals surface area contributed by atoms with Crippen LogP contribution in [0.5, 0.6) is 0 Å². The Balaban J connectivity index is 1.81. The smallest absolute Gasteiger partial charge is 0.234 e. The normalized spacial score (nSPS) is 29.7. The average Bonchev–Trinajstić information content (AvgIpc) is 3.00. The fourth-order valence-corrected chi connectivity index (χ4v) is 4.22. The Bertz CT molecular complexity index is 584. The molecule has 0 aliphatic heterocycles. The first-order valence-corrected chi connectivity index (χ1v) is 8.00. The van der Waals surface area contributed by atoms with Crippen molar-refractivity contribution in [2.24, 2.45) is 16.7 Å². The van der Waals surface area contributed by atoms with E-state index in [2.05, 4.69) is 44.8 Å². The molecule has 112 valence electrons. The molecule has 2 aliphatic rings. The van der Waals surface area contributed by atoms with Gasteiger partial charge in [0.2, 0.25) is 5.91 Å². The molecule has 1 amide bonds. The number of amides is 1. The summed E-state index contributed by atoms with van der Waals surface area (Å²) in [5, 5.41) is 3.12. The highest BCUT2D eigenvalue weighted by Gasteiger charge is 2.60. The van der Waals surface area contributed by atoms with Crippen molar-refractivity contribution >= 4 is 11.6 Å². The predicted octanol–water partition coefficient (Wildman–Crippen LogP) is 4.57. The van der Waals surface area contributed by atoms with E-state index in [4.69, 9.17) is 0 Å². The maximum absolute atomic E-state index is 12.9. The number of carbonyl (C=O) groups is 1. The van der Waals surface area contributed by atoms with Gasteiger partial charge in [0.05, 0.1) is 5.41 Å². The summed E-state index contributed by atoms with van der Waals surface area (Å²) in [7, 11) is 0. The molecule has 0 radical (unpaired) electrons. The minimum Gasteiger partial charge on any atom is -0.325 e. The van der Waals surface area contributed by atoms with Crippen molar-refractivity contribution in [1.29, 1.82) is 0 Å². The van der Waals surface area contributed by atoms with Crippen LogP contribution >= 0.6 is 0 Å². The van der Waals surface area contributed by atoms with E-state index in [-0.39, 0.29) is 16.7 Å². The summed E-state index contributed by atoms with van der Waals surface area (Å²) >= 11 is 0. The maximum Gasteiger partial charge on any atom is 0.234 e. The number of hydrogen-bond acceptors (Lipinski definition) is 1. The zero-order valence-electron chi connectivity index (χ0n) is 13.3. The SMILES string of the molecule is C=C1C2(C(=O)Nc3ccc(CC)cc3)CCC(C2)C1(C)C. The van der Waals surface area contributed by atoms with Crippen molar-refractivity contribution in [2.45, 2.75) is 46.5 Å². The third kappa shape index (κ3) is 2.04. The van der Waals surface area contributed by atoms with Gasteiger partial charge in [0.15, 0.2) is 0 Å². The van der Waals surface area contributed by atoms with Crippen molar-refractivity contribution in [2.75, 3.05) is 5.32 Å². The Morgan fingerprint density at radius 2 is 2.00 bits per heavy atom. The topological polar surface area (TPSA) is 29.1 Å². The van der Waals surface area contributed by atoms with Crippen molar-refractivity contribution in [3.05, 3.63) is 42.0 Å². The van der Waals surface area contributed by atoms with Crippen LogP contribution in [0.1, 0.15) is 45.6 Å². The molecule has 2 atom stereocenters. The monoisotopic (exact) mass is 283 g/mol. The molecule has 0 aromatic heterocycles. The third-order valence-electron chi connectivity index (χ3n) is 5.95. The number of hydrogen-bond donors (Lipinski definition) is 1. The largest absolute Gasteiger partial charge is 0.325 e. The van der Waals surface area contributed by atoms with Crippen LogP contribution in [0.2, 0.25) is 0 Å². The summed E-state index contributed by atoms with van der Waals surface area (Å²) in [5.74, 6) is 0.753. The maximum atomic E-state index is 12.9. The highest BCUT2D eigenvalue weighted by Crippen LogP contribution is 2.65. The summed E-state index contributed by atoms with van der Waals surface area (Å²) < 4.78 is 0. The van der Waals surface area contributed by atoms with Crippen LogP contribution < -0.4 is 5.32 Å². The second-order valence-corrected chi connectivity index (χ2v) is 7.23. The van der Waals surface area contributed by atoms with Crippen LogP contribution in [0, 0.1) is 16.7 Å². The van der Waals surface area contributed by atoms with Gasteiger partial charge >= 0.3 is 0 Å². The number of rotatable bonds is 3. The van der Waals surface area contributed by atoms with Gasteiger partial charge in [0.25, 0.3) is 0 Å². The first-order valence-electron chi connectivity index (χ1n) is 8.00. The van der Waals surface area contributed by atoms with Gasteiger partial charge in [-0.3, -0.25) is 4.79 Å². The molecule has 1 aromatic carbocycles. The molecule has 0 saturated heterocycles. The van der Waals surface area contributed by atoms with Gasteiger partial charge in [-0.2, -0.15) is 0 Å². The van der Waals surface area contributed by atoms with Gasteiger partial charge in [-0.1, -0.05) is 45.1 Å². The summed E-state index contributed by atoms with van der Waals surface area (Å²) in [4.78, 5) is 12.9. The summed E-state index contributed by atoms with van der Waals surface area (Å²) in [5.41, 5.74) is 3.08. The quantitative estimate of drug-likeness (QED) is 0.809. The lowest BCUT2D eigenvalue weighted by atomic mass is 9.68. The Morgan fingerprint density at radius 1 is 1.33 bits per heavy atom. The number of anilines is 1. The van der Waals surface area contributed by atoms with Gasteiger partial charge in [0, 0.05) is 5.69 Å². The van der Waals surface area contributed by atoms with Crippen LogP contribution in [-0.2, 0) is 11.2 Å². The molecule has 1 N–H and O–H groups in total.